The van der Waals surface area contributed by atoms with Gasteiger partial charge in [0.25, 0.3) is 0 Å². The highest BCUT2D eigenvalue weighted by atomic mass is 16.5. The Kier molecular flexibility index (Phi) is 4.46. The summed E-state index contributed by atoms with van der Waals surface area (Å²) < 4.78 is 10.1. The van der Waals surface area contributed by atoms with Gasteiger partial charge in [0.2, 0.25) is 5.91 Å². The van der Waals surface area contributed by atoms with Gasteiger partial charge in [-0.05, 0) is 0 Å². The molecule has 1 amide bonds. The first kappa shape index (κ1) is 12.4. The van der Waals surface area contributed by atoms with Crippen LogP contribution in [0.3, 0.4) is 0 Å². The summed E-state index contributed by atoms with van der Waals surface area (Å²) in [6, 6.07) is -0.564. The van der Waals surface area contributed by atoms with Crippen LogP contribution in [0.15, 0.2) is 0 Å². The molecule has 1 aliphatic rings. The molecule has 0 radical (unpaired) electrons. The van der Waals surface area contributed by atoms with Crippen LogP contribution in [0, 0.1) is 0 Å². The number of aliphatic hydroxyl groups excluding tert-OH is 2. The molecule has 6 nitrogen and oxygen atoms in total. The van der Waals surface area contributed by atoms with Crippen LogP contribution in [0.4, 0.5) is 0 Å². The fourth-order valence-electron chi connectivity index (χ4n) is 1.58. The molecule has 0 aromatic carbocycles. The molecule has 15 heavy (non-hydrogen) atoms. The Balaban J connectivity index is 2.52. The van der Waals surface area contributed by atoms with E-state index in [1.165, 1.54) is 14.0 Å². The fourth-order valence-corrected chi connectivity index (χ4v) is 1.58. The summed E-state index contributed by atoms with van der Waals surface area (Å²) in [4.78, 5) is 10.8. The van der Waals surface area contributed by atoms with Crippen molar-refractivity contribution in [2.24, 2.45) is 0 Å². The predicted octanol–water partition coefficient (Wildman–Crippen LogP) is -1.74. The highest BCUT2D eigenvalue weighted by molar-refractivity contribution is 5.73. The van der Waals surface area contributed by atoms with Crippen molar-refractivity contribution in [1.82, 2.24) is 5.32 Å². The topological polar surface area (TPSA) is 88.0 Å². The number of ether oxygens (including phenoxy) is 2. The molecule has 3 N–H and O–H groups in total. The third-order valence-corrected chi connectivity index (χ3v) is 2.35. The second-order valence-corrected chi connectivity index (χ2v) is 3.62. The maximum atomic E-state index is 10.8. The molecule has 4 atom stereocenters. The van der Waals surface area contributed by atoms with E-state index in [-0.39, 0.29) is 19.1 Å². The maximum absolute atomic E-state index is 10.8. The molecule has 1 fully saturated rings. The number of nitrogens with one attached hydrogen (secondary N) is 1. The molecule has 0 aromatic heterocycles. The van der Waals surface area contributed by atoms with Gasteiger partial charge in [-0.15, -0.1) is 0 Å². The number of aliphatic hydroxyl groups is 2. The lowest BCUT2D eigenvalue weighted by Crippen LogP contribution is -2.59. The Bertz CT molecular complexity index is 223. The Morgan fingerprint density at radius 3 is 2.73 bits per heavy atom. The monoisotopic (exact) mass is 219 g/mol. The van der Waals surface area contributed by atoms with E-state index < -0.39 is 24.4 Å². The SMILES string of the molecule is COC[C@H]1OC[C@H](NC(C)=O)[C@@H](O)[C@H]1O. The van der Waals surface area contributed by atoms with E-state index in [4.69, 9.17) is 9.47 Å². The molecule has 1 heterocycles. The van der Waals surface area contributed by atoms with Crippen LogP contribution in [0.25, 0.3) is 0 Å². The minimum atomic E-state index is -1.05. The molecule has 0 saturated carbocycles. The zero-order valence-corrected chi connectivity index (χ0v) is 8.84. The van der Waals surface area contributed by atoms with E-state index in [0.717, 1.165) is 0 Å². The Morgan fingerprint density at radius 1 is 1.53 bits per heavy atom. The second kappa shape index (κ2) is 5.41. The number of hydrogen-bond acceptors (Lipinski definition) is 5. The summed E-state index contributed by atoms with van der Waals surface area (Å²) in [6.45, 7) is 1.73. The zero-order chi connectivity index (χ0) is 11.4. The van der Waals surface area contributed by atoms with Gasteiger partial charge < -0.3 is 25.0 Å². The molecule has 6 heteroatoms. The van der Waals surface area contributed by atoms with Crippen LogP contribution < -0.4 is 5.32 Å². The highest BCUT2D eigenvalue weighted by Crippen LogP contribution is 2.15. The van der Waals surface area contributed by atoms with E-state index in [0.29, 0.717) is 0 Å². The second-order valence-electron chi connectivity index (χ2n) is 3.62. The van der Waals surface area contributed by atoms with Gasteiger partial charge in [0.15, 0.2) is 0 Å². The van der Waals surface area contributed by atoms with E-state index in [1.807, 2.05) is 0 Å². The van der Waals surface area contributed by atoms with Crippen molar-refractivity contribution in [3.05, 3.63) is 0 Å². The molecule has 1 aliphatic heterocycles. The fraction of sp³-hybridized carbons (Fsp3) is 0.889. The summed E-state index contributed by atoms with van der Waals surface area (Å²) in [5.41, 5.74) is 0. The van der Waals surface area contributed by atoms with Gasteiger partial charge in [0, 0.05) is 14.0 Å². The Labute approximate surface area is 88.2 Å². The standard InChI is InChI=1S/C9H17NO5/c1-5(11)10-6-3-15-7(4-14-2)9(13)8(6)12/h6-9,12-13H,3-4H2,1-2H3,(H,10,11)/t6-,7+,8+,9-/m0/s1. The van der Waals surface area contributed by atoms with Crippen molar-refractivity contribution < 1.29 is 24.5 Å². The quantitative estimate of drug-likeness (QED) is 0.524. The number of amides is 1. The molecule has 0 aliphatic carbocycles. The molecule has 0 spiro atoms. The van der Waals surface area contributed by atoms with Gasteiger partial charge in [-0.1, -0.05) is 0 Å². The van der Waals surface area contributed by atoms with Crippen molar-refractivity contribution in [3.63, 3.8) is 0 Å². The van der Waals surface area contributed by atoms with E-state index in [1.54, 1.807) is 0 Å². The van der Waals surface area contributed by atoms with Gasteiger partial charge >= 0.3 is 0 Å². The van der Waals surface area contributed by atoms with Crippen molar-refractivity contribution >= 4 is 5.91 Å². The van der Waals surface area contributed by atoms with Crippen molar-refractivity contribution in [2.45, 2.75) is 31.3 Å². The van der Waals surface area contributed by atoms with Gasteiger partial charge in [-0.25, -0.2) is 0 Å². The summed E-state index contributed by atoms with van der Waals surface area (Å²) in [5, 5.41) is 21.8. The molecule has 1 saturated heterocycles. The minimum absolute atomic E-state index is 0.172. The predicted molar refractivity (Wildman–Crippen MR) is 51.2 cm³/mol. The first-order valence-electron chi connectivity index (χ1n) is 4.80. The average Bonchev–Trinajstić information content (AvgIpc) is 2.17. The van der Waals surface area contributed by atoms with Crippen LogP contribution in [0.5, 0.6) is 0 Å². The van der Waals surface area contributed by atoms with Crippen LogP contribution in [0.2, 0.25) is 0 Å². The van der Waals surface area contributed by atoms with Crippen LogP contribution in [-0.2, 0) is 14.3 Å². The largest absolute Gasteiger partial charge is 0.388 e. The molecule has 0 unspecified atom stereocenters. The van der Waals surface area contributed by atoms with E-state index in [9.17, 15) is 15.0 Å². The molecule has 88 valence electrons. The lowest BCUT2D eigenvalue weighted by atomic mass is 9.98. The van der Waals surface area contributed by atoms with Crippen molar-refractivity contribution in [1.29, 1.82) is 0 Å². The Morgan fingerprint density at radius 2 is 2.20 bits per heavy atom. The molecule has 0 bridgehead atoms. The van der Waals surface area contributed by atoms with Gasteiger partial charge in [0.1, 0.15) is 18.3 Å². The first-order chi connectivity index (χ1) is 7.06. The Hall–Kier alpha value is -0.690. The summed E-state index contributed by atoms with van der Waals surface area (Å²) in [6.07, 6.45) is -2.62. The smallest absolute Gasteiger partial charge is 0.217 e. The molecular formula is C9H17NO5. The lowest BCUT2D eigenvalue weighted by Gasteiger charge is -2.37. The third kappa shape index (κ3) is 3.13. The summed E-state index contributed by atoms with van der Waals surface area (Å²) in [7, 11) is 1.49. The van der Waals surface area contributed by atoms with Crippen LogP contribution >= 0.6 is 0 Å². The number of methoxy groups -OCH3 is 1. The molecular weight excluding hydrogens is 202 g/mol. The van der Waals surface area contributed by atoms with Crippen molar-refractivity contribution in [3.8, 4) is 0 Å². The van der Waals surface area contributed by atoms with E-state index in [2.05, 4.69) is 5.32 Å². The molecule has 1 rings (SSSR count). The number of rotatable bonds is 3. The van der Waals surface area contributed by atoms with Crippen LogP contribution in [0.1, 0.15) is 6.92 Å². The lowest BCUT2D eigenvalue weighted by molar-refractivity contribution is -0.167. The summed E-state index contributed by atoms with van der Waals surface area (Å²) in [5.74, 6) is -0.264. The number of carbonyl (C=O) groups is 1. The van der Waals surface area contributed by atoms with Gasteiger partial charge in [-0.2, -0.15) is 0 Å². The van der Waals surface area contributed by atoms with Gasteiger partial charge in [-0.3, -0.25) is 4.79 Å². The van der Waals surface area contributed by atoms with Gasteiger partial charge in [0.05, 0.1) is 19.3 Å². The average molecular weight is 219 g/mol. The summed E-state index contributed by atoms with van der Waals surface area (Å²) >= 11 is 0. The third-order valence-electron chi connectivity index (χ3n) is 2.35. The molecule has 0 aromatic rings. The maximum Gasteiger partial charge on any atom is 0.217 e. The minimum Gasteiger partial charge on any atom is -0.388 e. The van der Waals surface area contributed by atoms with E-state index >= 15 is 0 Å². The number of hydrogen-bond donors (Lipinski definition) is 3. The van der Waals surface area contributed by atoms with Crippen LogP contribution in [-0.4, -0.2) is 60.8 Å². The normalized spacial score (nSPS) is 36.3. The first-order valence-corrected chi connectivity index (χ1v) is 4.80. The highest BCUT2D eigenvalue weighted by Gasteiger charge is 2.38. The zero-order valence-electron chi connectivity index (χ0n) is 8.84. The van der Waals surface area contributed by atoms with Crippen molar-refractivity contribution in [2.75, 3.05) is 20.3 Å². The number of carbonyl (C=O) groups excluding carboxylic acids is 1.